The van der Waals surface area contributed by atoms with Crippen molar-refractivity contribution in [1.82, 2.24) is 4.90 Å². The highest BCUT2D eigenvalue weighted by Crippen LogP contribution is 2.65. The van der Waals surface area contributed by atoms with Crippen LogP contribution in [0.4, 0.5) is 0 Å². The van der Waals surface area contributed by atoms with Crippen LogP contribution in [0, 0.1) is 22.7 Å². The van der Waals surface area contributed by atoms with E-state index in [-0.39, 0.29) is 41.4 Å². The average Bonchev–Trinajstić information content (AvgIpc) is 2.67. The third-order valence-corrected chi connectivity index (χ3v) is 9.38. The lowest BCUT2D eigenvalue weighted by Gasteiger charge is -2.65. The van der Waals surface area contributed by atoms with Crippen LogP contribution in [-0.2, 0) is 19.1 Å². The number of aliphatic hydroxyl groups is 2. The fourth-order valence-corrected chi connectivity index (χ4v) is 8.33. The van der Waals surface area contributed by atoms with Crippen molar-refractivity contribution in [1.29, 1.82) is 0 Å². The summed E-state index contributed by atoms with van der Waals surface area (Å²) in [6.07, 6.45) is 6.68. The minimum atomic E-state index is -1.98. The first-order chi connectivity index (χ1) is 15.7. The molecule has 34 heavy (non-hydrogen) atoms. The third kappa shape index (κ3) is 4.27. The summed E-state index contributed by atoms with van der Waals surface area (Å²) in [5.41, 5.74) is -1.99. The van der Waals surface area contributed by atoms with Gasteiger partial charge in [-0.15, -0.1) is 6.58 Å². The third-order valence-electron chi connectivity index (χ3n) is 9.38. The van der Waals surface area contributed by atoms with Crippen molar-refractivity contribution in [2.45, 2.75) is 109 Å². The summed E-state index contributed by atoms with van der Waals surface area (Å²) in [6.45, 7) is 14.7. The van der Waals surface area contributed by atoms with E-state index in [0.717, 1.165) is 25.7 Å². The van der Waals surface area contributed by atoms with Gasteiger partial charge < -0.3 is 19.7 Å². The topological polar surface area (TPSA) is 96.3 Å². The van der Waals surface area contributed by atoms with Crippen molar-refractivity contribution in [3.63, 3.8) is 0 Å². The van der Waals surface area contributed by atoms with Crippen molar-refractivity contribution in [3.8, 4) is 0 Å². The highest BCUT2D eigenvalue weighted by Gasteiger charge is 2.68. The van der Waals surface area contributed by atoms with E-state index in [2.05, 4.69) is 27.4 Å². The van der Waals surface area contributed by atoms with Gasteiger partial charge in [0.2, 0.25) is 5.91 Å². The molecule has 2 saturated heterocycles. The molecule has 2 heterocycles. The zero-order chi connectivity index (χ0) is 25.2. The molecule has 0 aromatic heterocycles. The van der Waals surface area contributed by atoms with Crippen molar-refractivity contribution in [2.75, 3.05) is 13.1 Å². The van der Waals surface area contributed by atoms with Gasteiger partial charge in [0.05, 0.1) is 17.1 Å². The molecule has 4 rings (SSSR count). The summed E-state index contributed by atoms with van der Waals surface area (Å²) >= 11 is 0. The molecule has 7 heteroatoms. The van der Waals surface area contributed by atoms with Gasteiger partial charge in [0, 0.05) is 31.7 Å². The Morgan fingerprint density at radius 3 is 2.50 bits per heavy atom. The predicted octanol–water partition coefficient (Wildman–Crippen LogP) is 3.57. The Hall–Kier alpha value is -1.28. The first kappa shape index (κ1) is 25.8. The molecule has 0 aromatic rings. The summed E-state index contributed by atoms with van der Waals surface area (Å²) in [4.78, 5) is 28.2. The highest BCUT2D eigenvalue weighted by atomic mass is 16.6. The molecular formula is C27H43NO6. The summed E-state index contributed by atoms with van der Waals surface area (Å²) in [5, 5.41) is 20.6. The number of likely N-dealkylation sites (tertiary alicyclic amines) is 1. The van der Waals surface area contributed by atoms with E-state index >= 15 is 0 Å². The minimum absolute atomic E-state index is 0.00535. The van der Waals surface area contributed by atoms with Crippen LogP contribution in [0.15, 0.2) is 12.7 Å². The van der Waals surface area contributed by atoms with Crippen molar-refractivity contribution >= 4 is 11.8 Å². The minimum Gasteiger partial charge on any atom is -0.461 e. The van der Waals surface area contributed by atoms with E-state index in [0.29, 0.717) is 25.8 Å². The normalized spacial score (nSPS) is 44.0. The Bertz CT molecular complexity index is 854. The Morgan fingerprint density at radius 2 is 1.85 bits per heavy atom. The number of hydrogen-bond donors (Lipinski definition) is 2. The smallest absolute Gasteiger partial charge is 0.320 e. The number of esters is 1. The molecule has 4 aliphatic rings. The van der Waals surface area contributed by atoms with Gasteiger partial charge in [0.15, 0.2) is 0 Å². The number of carbonyl (C=O) groups is 2. The highest BCUT2D eigenvalue weighted by molar-refractivity contribution is 5.85. The van der Waals surface area contributed by atoms with E-state index in [4.69, 9.17) is 9.47 Å². The monoisotopic (exact) mass is 477 g/mol. The molecule has 2 saturated carbocycles. The maximum absolute atomic E-state index is 13.6. The van der Waals surface area contributed by atoms with Crippen LogP contribution >= 0.6 is 0 Å². The Morgan fingerprint density at radius 1 is 1.15 bits per heavy atom. The molecule has 2 N–H and O–H groups in total. The SMILES string of the molecule is C=C[C@@]1(C)CC(=O)[C@@H]2[C@@]3(C)CCCC(C)(C)[C@@H]3[C@H](OC(=O)CN3CCCCC3(O)O)C[C@@]2(C)O1. The molecule has 0 bridgehead atoms. The summed E-state index contributed by atoms with van der Waals surface area (Å²) in [7, 11) is 0. The summed E-state index contributed by atoms with van der Waals surface area (Å²) in [6, 6.07) is 0. The van der Waals surface area contributed by atoms with Crippen LogP contribution in [0.5, 0.6) is 0 Å². The molecule has 0 amide bonds. The summed E-state index contributed by atoms with van der Waals surface area (Å²) < 4.78 is 12.8. The van der Waals surface area contributed by atoms with E-state index in [1.807, 2.05) is 13.8 Å². The maximum atomic E-state index is 13.6. The molecule has 4 fully saturated rings. The van der Waals surface area contributed by atoms with Crippen molar-refractivity contribution in [3.05, 3.63) is 12.7 Å². The molecule has 0 aromatic carbocycles. The van der Waals surface area contributed by atoms with Gasteiger partial charge in [-0.25, -0.2) is 4.90 Å². The van der Waals surface area contributed by atoms with Crippen LogP contribution in [0.25, 0.3) is 0 Å². The van der Waals surface area contributed by atoms with Crippen LogP contribution in [0.1, 0.15) is 86.0 Å². The number of carbonyl (C=O) groups excluding carboxylic acids is 2. The van der Waals surface area contributed by atoms with Crippen molar-refractivity contribution in [2.24, 2.45) is 22.7 Å². The molecule has 0 radical (unpaired) electrons. The number of ether oxygens (including phenoxy) is 2. The average molecular weight is 478 g/mol. The number of ketones is 1. The van der Waals surface area contributed by atoms with Gasteiger partial charge in [0.25, 0.3) is 0 Å². The zero-order valence-electron chi connectivity index (χ0n) is 21.6. The Balaban J connectivity index is 1.65. The standard InChI is InChI=1S/C27H43NO6/c1-7-24(4)15-18(29)21-25(5)12-10-11-23(2,3)22(25)19(16-26(21,6)34-24)33-20(30)17-28-14-9-8-13-27(28,31)32/h7,19,21-22,31-32H,1,8-17H2,2-6H3/t19-,21-,22+,24+,25-,26-/m1/s1. The quantitative estimate of drug-likeness (QED) is 0.363. The zero-order valence-corrected chi connectivity index (χ0v) is 21.6. The number of hydrogen-bond acceptors (Lipinski definition) is 7. The Labute approximate surface area is 203 Å². The first-order valence-electron chi connectivity index (χ1n) is 12.9. The van der Waals surface area contributed by atoms with Gasteiger partial charge in [-0.05, 0) is 50.4 Å². The van der Waals surface area contributed by atoms with E-state index in [9.17, 15) is 19.8 Å². The lowest BCUT2D eigenvalue weighted by atomic mass is 9.43. The number of rotatable bonds is 4. The predicted molar refractivity (Wildman–Crippen MR) is 128 cm³/mol. The number of fused-ring (bicyclic) bond motifs is 3. The van der Waals surface area contributed by atoms with Gasteiger partial charge in [-0.1, -0.05) is 33.3 Å². The molecule has 192 valence electrons. The van der Waals surface area contributed by atoms with Crippen LogP contribution in [-0.4, -0.2) is 63.2 Å². The molecule has 7 nitrogen and oxygen atoms in total. The molecule has 0 unspecified atom stereocenters. The van der Waals surface area contributed by atoms with Crippen LogP contribution < -0.4 is 0 Å². The van der Waals surface area contributed by atoms with Gasteiger partial charge in [-0.3, -0.25) is 9.59 Å². The number of piperidine rings is 1. The van der Waals surface area contributed by atoms with Crippen molar-refractivity contribution < 1.29 is 29.3 Å². The molecule has 6 atom stereocenters. The van der Waals surface area contributed by atoms with Crippen LogP contribution in [0.2, 0.25) is 0 Å². The molecule has 2 aliphatic carbocycles. The van der Waals surface area contributed by atoms with E-state index in [1.165, 1.54) is 4.90 Å². The van der Waals surface area contributed by atoms with E-state index < -0.39 is 29.2 Å². The lowest BCUT2D eigenvalue weighted by molar-refractivity contribution is -0.283. The number of Topliss-reactive ketones (excluding diaryl/α,β-unsaturated/α-hetero) is 1. The summed E-state index contributed by atoms with van der Waals surface area (Å²) in [5.74, 6) is -2.49. The second-order valence-electron chi connectivity index (χ2n) is 12.7. The van der Waals surface area contributed by atoms with Gasteiger partial charge >= 0.3 is 5.97 Å². The first-order valence-corrected chi connectivity index (χ1v) is 12.9. The fraction of sp³-hybridized carbons (Fsp3) is 0.852. The van der Waals surface area contributed by atoms with Gasteiger partial charge in [-0.2, -0.15) is 0 Å². The number of nitrogens with zero attached hydrogens (tertiary/aromatic N) is 1. The molecule has 2 aliphatic heterocycles. The van der Waals surface area contributed by atoms with Crippen LogP contribution in [0.3, 0.4) is 0 Å². The molecule has 0 spiro atoms. The lowest BCUT2D eigenvalue weighted by Crippen LogP contribution is -2.69. The molecular weight excluding hydrogens is 434 g/mol. The maximum Gasteiger partial charge on any atom is 0.320 e. The Kier molecular flexibility index (Phi) is 6.37. The second kappa shape index (κ2) is 8.39. The van der Waals surface area contributed by atoms with E-state index in [1.54, 1.807) is 6.08 Å². The largest absolute Gasteiger partial charge is 0.461 e. The fourth-order valence-electron chi connectivity index (χ4n) is 8.33. The second-order valence-corrected chi connectivity index (χ2v) is 12.7. The van der Waals surface area contributed by atoms with Gasteiger partial charge in [0.1, 0.15) is 18.4 Å².